The largest absolute Gasteiger partial charge is 0.370 e. The van der Waals surface area contributed by atoms with Gasteiger partial charge in [-0.3, -0.25) is 4.79 Å². The van der Waals surface area contributed by atoms with Gasteiger partial charge in [0.2, 0.25) is 0 Å². The quantitative estimate of drug-likeness (QED) is 0.481. The lowest BCUT2D eigenvalue weighted by atomic mass is 9.92. The summed E-state index contributed by atoms with van der Waals surface area (Å²) in [5.74, 6) is 0.825. The summed E-state index contributed by atoms with van der Waals surface area (Å²) in [5.41, 5.74) is 3.77. The first-order chi connectivity index (χ1) is 16.6. The van der Waals surface area contributed by atoms with Gasteiger partial charge in [-0.15, -0.1) is 0 Å². The molecule has 0 atom stereocenters. The third kappa shape index (κ3) is 6.25. The molecule has 5 nitrogen and oxygen atoms in total. The Morgan fingerprint density at radius 3 is 2.47 bits per heavy atom. The summed E-state index contributed by atoms with van der Waals surface area (Å²) in [6, 6.07) is 14.2. The van der Waals surface area contributed by atoms with Crippen molar-refractivity contribution in [3.05, 3.63) is 53.1 Å². The molecule has 2 aromatic carbocycles. The van der Waals surface area contributed by atoms with Gasteiger partial charge in [-0.1, -0.05) is 24.1 Å². The van der Waals surface area contributed by atoms with E-state index in [-0.39, 0.29) is 5.91 Å². The number of amides is 1. The minimum absolute atomic E-state index is 0.0135. The number of benzene rings is 2. The third-order valence-electron chi connectivity index (χ3n) is 7.53. The zero-order valence-corrected chi connectivity index (χ0v) is 20.8. The number of likely N-dealkylation sites (tertiary alicyclic amines) is 1. The summed E-state index contributed by atoms with van der Waals surface area (Å²) in [5, 5.41) is 7.35. The maximum atomic E-state index is 12.7. The number of piperidine rings is 2. The van der Waals surface area contributed by atoms with Gasteiger partial charge in [0.25, 0.3) is 5.91 Å². The fourth-order valence-electron chi connectivity index (χ4n) is 5.28. The standard InChI is InChI=1S/C28H37ClN4O/c29-23-5-4-6-25(20-23)30-26-19-22(28(34)31-24-8-9-24)7-10-27(26)33-17-12-21(13-18-33)11-16-32-14-2-1-3-15-32/h4-7,10,19-21,24,30H,1-3,8-9,11-18H2,(H,31,34). The van der Waals surface area contributed by atoms with Crippen molar-refractivity contribution in [2.75, 3.05) is 42.9 Å². The number of hydrogen-bond donors (Lipinski definition) is 2. The molecule has 2 heterocycles. The van der Waals surface area contributed by atoms with E-state index in [0.29, 0.717) is 16.6 Å². The van der Waals surface area contributed by atoms with E-state index in [1.807, 2.05) is 36.4 Å². The van der Waals surface area contributed by atoms with Gasteiger partial charge in [0, 0.05) is 35.4 Å². The smallest absolute Gasteiger partial charge is 0.251 e. The molecule has 3 fully saturated rings. The third-order valence-corrected chi connectivity index (χ3v) is 7.77. The molecule has 2 N–H and O–H groups in total. The second-order valence-corrected chi connectivity index (χ2v) is 10.7. The predicted molar refractivity (Wildman–Crippen MR) is 142 cm³/mol. The van der Waals surface area contributed by atoms with Crippen molar-refractivity contribution in [3.63, 3.8) is 0 Å². The van der Waals surface area contributed by atoms with E-state index < -0.39 is 0 Å². The van der Waals surface area contributed by atoms with Crippen LogP contribution in [0.5, 0.6) is 0 Å². The second kappa shape index (κ2) is 11.0. The van der Waals surface area contributed by atoms with Crippen molar-refractivity contribution < 1.29 is 4.79 Å². The average molecular weight is 481 g/mol. The molecule has 0 radical (unpaired) electrons. The summed E-state index contributed by atoms with van der Waals surface area (Å²) >= 11 is 6.23. The molecule has 2 saturated heterocycles. The van der Waals surface area contributed by atoms with Gasteiger partial charge >= 0.3 is 0 Å². The molecule has 0 spiro atoms. The van der Waals surface area contributed by atoms with Crippen molar-refractivity contribution in [1.82, 2.24) is 10.2 Å². The van der Waals surface area contributed by atoms with E-state index in [0.717, 1.165) is 48.9 Å². The number of rotatable bonds is 8. The molecule has 0 unspecified atom stereocenters. The predicted octanol–water partition coefficient (Wildman–Crippen LogP) is 6.07. The Morgan fingerprint density at radius 2 is 1.74 bits per heavy atom. The number of nitrogens with zero attached hydrogens (tertiary/aromatic N) is 2. The van der Waals surface area contributed by atoms with Gasteiger partial charge in [0.1, 0.15) is 0 Å². The Kier molecular flexibility index (Phi) is 7.60. The van der Waals surface area contributed by atoms with Crippen molar-refractivity contribution in [3.8, 4) is 0 Å². The molecular weight excluding hydrogens is 444 g/mol. The van der Waals surface area contributed by atoms with E-state index in [1.165, 1.54) is 58.2 Å². The average Bonchev–Trinajstić information content (AvgIpc) is 3.68. The van der Waals surface area contributed by atoms with Crippen molar-refractivity contribution in [2.24, 2.45) is 5.92 Å². The van der Waals surface area contributed by atoms with Gasteiger partial charge in [0.15, 0.2) is 0 Å². The number of hydrogen-bond acceptors (Lipinski definition) is 4. The fraction of sp³-hybridized carbons (Fsp3) is 0.536. The lowest BCUT2D eigenvalue weighted by molar-refractivity contribution is 0.0951. The molecule has 5 rings (SSSR count). The number of nitrogens with one attached hydrogen (secondary N) is 2. The highest BCUT2D eigenvalue weighted by Gasteiger charge is 2.26. The Morgan fingerprint density at radius 1 is 0.941 bits per heavy atom. The molecule has 3 aliphatic rings. The highest BCUT2D eigenvalue weighted by atomic mass is 35.5. The van der Waals surface area contributed by atoms with Crippen LogP contribution in [0.1, 0.15) is 61.7 Å². The molecule has 34 heavy (non-hydrogen) atoms. The highest BCUT2D eigenvalue weighted by Crippen LogP contribution is 2.34. The van der Waals surface area contributed by atoms with Crippen LogP contribution in [0.2, 0.25) is 5.02 Å². The lowest BCUT2D eigenvalue weighted by Crippen LogP contribution is -2.36. The number of halogens is 1. The minimum atomic E-state index is 0.0135. The Balaban J connectivity index is 1.26. The summed E-state index contributed by atoms with van der Waals surface area (Å²) in [6.45, 7) is 5.96. The first kappa shape index (κ1) is 23.5. The van der Waals surface area contributed by atoms with Crippen LogP contribution in [0.3, 0.4) is 0 Å². The molecule has 182 valence electrons. The first-order valence-corrected chi connectivity index (χ1v) is 13.5. The molecular formula is C28H37ClN4O. The molecule has 2 aliphatic heterocycles. The van der Waals surface area contributed by atoms with Gasteiger partial charge < -0.3 is 20.4 Å². The van der Waals surface area contributed by atoms with E-state index in [1.54, 1.807) is 0 Å². The highest BCUT2D eigenvalue weighted by molar-refractivity contribution is 6.30. The van der Waals surface area contributed by atoms with E-state index in [2.05, 4.69) is 26.5 Å². The summed E-state index contributed by atoms with van der Waals surface area (Å²) in [4.78, 5) is 17.8. The first-order valence-electron chi connectivity index (χ1n) is 13.1. The number of carbonyl (C=O) groups is 1. The fourth-order valence-corrected chi connectivity index (χ4v) is 5.47. The van der Waals surface area contributed by atoms with Crippen molar-refractivity contribution >= 4 is 34.6 Å². The number of carbonyl (C=O) groups excluding carboxylic acids is 1. The molecule has 0 bridgehead atoms. The zero-order valence-electron chi connectivity index (χ0n) is 20.1. The van der Waals surface area contributed by atoms with E-state index in [9.17, 15) is 4.79 Å². The van der Waals surface area contributed by atoms with Gasteiger partial charge in [-0.05, 0) is 107 Å². The maximum Gasteiger partial charge on any atom is 0.251 e. The van der Waals surface area contributed by atoms with Crippen molar-refractivity contribution in [1.29, 1.82) is 0 Å². The van der Waals surface area contributed by atoms with Crippen LogP contribution in [-0.4, -0.2) is 49.6 Å². The molecule has 2 aromatic rings. The SMILES string of the molecule is O=C(NC1CC1)c1ccc(N2CCC(CCN3CCCCC3)CC2)c(Nc2cccc(Cl)c2)c1. The Bertz CT molecular complexity index is 978. The van der Waals surface area contributed by atoms with Gasteiger partial charge in [-0.2, -0.15) is 0 Å². The number of anilines is 3. The molecule has 1 saturated carbocycles. The molecule has 1 aliphatic carbocycles. The van der Waals surface area contributed by atoms with Crippen molar-refractivity contribution in [2.45, 2.75) is 57.4 Å². The Hall–Kier alpha value is -2.24. The van der Waals surface area contributed by atoms with Crippen LogP contribution in [0.25, 0.3) is 0 Å². The normalized spacial score (nSPS) is 19.7. The summed E-state index contributed by atoms with van der Waals surface area (Å²) < 4.78 is 0. The maximum absolute atomic E-state index is 12.7. The van der Waals surface area contributed by atoms with Gasteiger partial charge in [0.05, 0.1) is 11.4 Å². The van der Waals surface area contributed by atoms with Crippen LogP contribution >= 0.6 is 11.6 Å². The van der Waals surface area contributed by atoms with Crippen LogP contribution in [0.4, 0.5) is 17.1 Å². The lowest BCUT2D eigenvalue weighted by Gasteiger charge is -2.36. The molecule has 0 aromatic heterocycles. The van der Waals surface area contributed by atoms with Crippen LogP contribution < -0.4 is 15.5 Å². The second-order valence-electron chi connectivity index (χ2n) is 10.2. The van der Waals surface area contributed by atoms with Gasteiger partial charge in [-0.25, -0.2) is 0 Å². The van der Waals surface area contributed by atoms with Crippen LogP contribution in [0.15, 0.2) is 42.5 Å². The zero-order chi connectivity index (χ0) is 23.3. The minimum Gasteiger partial charge on any atom is -0.370 e. The monoisotopic (exact) mass is 480 g/mol. The topological polar surface area (TPSA) is 47.6 Å². The van der Waals surface area contributed by atoms with E-state index in [4.69, 9.17) is 11.6 Å². The van der Waals surface area contributed by atoms with Crippen LogP contribution in [-0.2, 0) is 0 Å². The summed E-state index contributed by atoms with van der Waals surface area (Å²) in [6.07, 6.45) is 10.1. The Labute approximate surface area is 208 Å². The van der Waals surface area contributed by atoms with Crippen LogP contribution in [0, 0.1) is 5.92 Å². The van der Waals surface area contributed by atoms with E-state index >= 15 is 0 Å². The summed E-state index contributed by atoms with van der Waals surface area (Å²) in [7, 11) is 0. The molecule has 6 heteroatoms. The molecule has 1 amide bonds.